The summed E-state index contributed by atoms with van der Waals surface area (Å²) in [5.41, 5.74) is -0.468. The number of aliphatic imine (C=N–C) groups is 1. The maximum atomic E-state index is 12.4. The van der Waals surface area contributed by atoms with Crippen molar-refractivity contribution in [2.45, 2.75) is 77.9 Å². The molecule has 0 radical (unpaired) electrons. The molecule has 1 aliphatic carbocycles. The number of carbonyl (C=O) groups is 2. The molecule has 0 spiro atoms. The van der Waals surface area contributed by atoms with Crippen LogP contribution in [0.15, 0.2) is 4.99 Å². The Kier molecular flexibility index (Phi) is 11.9. The topological polar surface area (TPSA) is 86.3 Å². The first-order valence-electron chi connectivity index (χ1n) is 11.4. The van der Waals surface area contributed by atoms with Crippen LogP contribution in [0, 0.1) is 5.92 Å². The van der Waals surface area contributed by atoms with E-state index in [0.29, 0.717) is 24.9 Å². The number of rotatable bonds is 8. The van der Waals surface area contributed by atoms with Gasteiger partial charge in [0.25, 0.3) is 0 Å². The van der Waals surface area contributed by atoms with Gasteiger partial charge in [0.2, 0.25) is 5.91 Å². The van der Waals surface area contributed by atoms with E-state index in [9.17, 15) is 9.59 Å². The van der Waals surface area contributed by atoms with Crippen molar-refractivity contribution in [1.82, 2.24) is 20.4 Å². The second-order valence-electron chi connectivity index (χ2n) is 9.37. The van der Waals surface area contributed by atoms with Crippen molar-refractivity contribution in [3.8, 4) is 0 Å². The molecule has 0 aromatic heterocycles. The van der Waals surface area contributed by atoms with E-state index < -0.39 is 5.60 Å². The van der Waals surface area contributed by atoms with Crippen molar-refractivity contribution in [2.24, 2.45) is 10.9 Å². The highest BCUT2D eigenvalue weighted by molar-refractivity contribution is 14.0. The summed E-state index contributed by atoms with van der Waals surface area (Å²) in [5, 5.41) is 6.41. The Hall–Kier alpha value is -1.26. The molecule has 2 fully saturated rings. The third-order valence-corrected chi connectivity index (χ3v) is 5.44. The summed E-state index contributed by atoms with van der Waals surface area (Å²) in [6.45, 7) is 11.7. The van der Waals surface area contributed by atoms with Crippen molar-refractivity contribution in [3.05, 3.63) is 0 Å². The molecule has 9 heteroatoms. The predicted octanol–water partition coefficient (Wildman–Crippen LogP) is 3.21. The van der Waals surface area contributed by atoms with E-state index in [4.69, 9.17) is 4.74 Å². The lowest BCUT2D eigenvalue weighted by molar-refractivity contribution is -0.121. The Labute approximate surface area is 204 Å². The van der Waals surface area contributed by atoms with Gasteiger partial charge in [0.15, 0.2) is 5.96 Å². The number of hydrogen-bond donors (Lipinski definition) is 2. The summed E-state index contributed by atoms with van der Waals surface area (Å²) in [6.07, 6.45) is 5.42. The lowest BCUT2D eigenvalue weighted by Gasteiger charge is -2.36. The third kappa shape index (κ3) is 10.7. The van der Waals surface area contributed by atoms with E-state index in [-0.39, 0.29) is 36.0 Å². The Bertz CT molecular complexity index is 596. The number of piperidine rings is 1. The van der Waals surface area contributed by atoms with E-state index in [1.165, 1.54) is 0 Å². The molecule has 0 aromatic rings. The predicted molar refractivity (Wildman–Crippen MR) is 135 cm³/mol. The highest BCUT2D eigenvalue weighted by Gasteiger charge is 2.27. The molecule has 0 bridgehead atoms. The van der Waals surface area contributed by atoms with Crippen molar-refractivity contribution < 1.29 is 14.3 Å². The van der Waals surface area contributed by atoms with Crippen LogP contribution in [-0.4, -0.2) is 79.2 Å². The Morgan fingerprint density at radius 2 is 1.81 bits per heavy atom. The summed E-state index contributed by atoms with van der Waals surface area (Å²) >= 11 is 0. The summed E-state index contributed by atoms with van der Waals surface area (Å²) in [4.78, 5) is 32.6. The molecule has 8 nitrogen and oxygen atoms in total. The van der Waals surface area contributed by atoms with Gasteiger partial charge in [-0.05, 0) is 65.7 Å². The highest BCUT2D eigenvalue weighted by atomic mass is 127. The van der Waals surface area contributed by atoms with Crippen molar-refractivity contribution in [3.63, 3.8) is 0 Å². The van der Waals surface area contributed by atoms with Crippen molar-refractivity contribution >= 4 is 41.9 Å². The van der Waals surface area contributed by atoms with Gasteiger partial charge in [-0.3, -0.25) is 9.79 Å². The quantitative estimate of drug-likeness (QED) is 0.210. The van der Waals surface area contributed by atoms with Gasteiger partial charge in [0, 0.05) is 52.2 Å². The normalized spacial score (nSPS) is 17.6. The number of guanidine groups is 1. The first-order chi connectivity index (χ1) is 14.2. The second-order valence-corrected chi connectivity index (χ2v) is 9.37. The third-order valence-electron chi connectivity index (χ3n) is 5.44. The van der Waals surface area contributed by atoms with Crippen LogP contribution < -0.4 is 10.6 Å². The van der Waals surface area contributed by atoms with Crippen LogP contribution in [0.2, 0.25) is 0 Å². The number of nitrogens with one attached hydrogen (secondary N) is 2. The first kappa shape index (κ1) is 27.8. The molecule has 1 saturated heterocycles. The number of halogens is 1. The lowest BCUT2D eigenvalue weighted by Crippen LogP contribution is -2.48. The van der Waals surface area contributed by atoms with Gasteiger partial charge < -0.3 is 25.2 Å². The number of amides is 2. The Morgan fingerprint density at radius 1 is 1.16 bits per heavy atom. The molecule has 2 N–H and O–H groups in total. The maximum absolute atomic E-state index is 12.4. The zero-order valence-corrected chi connectivity index (χ0v) is 22.2. The molecule has 2 aliphatic rings. The van der Waals surface area contributed by atoms with E-state index >= 15 is 0 Å². The van der Waals surface area contributed by atoms with Gasteiger partial charge in [-0.1, -0.05) is 0 Å². The summed E-state index contributed by atoms with van der Waals surface area (Å²) in [7, 11) is 1.80. The number of likely N-dealkylation sites (tertiary alicyclic amines) is 1. The van der Waals surface area contributed by atoms with Crippen LogP contribution in [0.3, 0.4) is 0 Å². The van der Waals surface area contributed by atoms with Gasteiger partial charge in [-0.15, -0.1) is 24.0 Å². The standard InChI is InChI=1S/C22H41N5O3.HI/c1-6-26(21(29)30-22(2,3)4)16-17-11-14-27(15-12-17)20(23-5)24-13-7-8-19(28)25-18-9-10-18;/h17-18H,6-16H2,1-5H3,(H,23,24)(H,25,28);1H. The minimum atomic E-state index is -0.468. The van der Waals surface area contributed by atoms with Gasteiger partial charge in [0.05, 0.1) is 0 Å². The van der Waals surface area contributed by atoms with Crippen LogP contribution >= 0.6 is 24.0 Å². The Morgan fingerprint density at radius 3 is 2.32 bits per heavy atom. The molecule has 2 rings (SSSR count). The molecule has 31 heavy (non-hydrogen) atoms. The molecule has 0 atom stereocenters. The number of hydrogen-bond acceptors (Lipinski definition) is 4. The second kappa shape index (κ2) is 13.3. The zero-order chi connectivity index (χ0) is 22.1. The summed E-state index contributed by atoms with van der Waals surface area (Å²) < 4.78 is 5.52. The van der Waals surface area contributed by atoms with Gasteiger partial charge in [-0.25, -0.2) is 4.79 Å². The average molecular weight is 552 g/mol. The molecule has 1 aliphatic heterocycles. The Balaban J connectivity index is 0.00000480. The first-order valence-corrected chi connectivity index (χ1v) is 11.4. The molecular weight excluding hydrogens is 509 g/mol. The van der Waals surface area contributed by atoms with E-state index in [1.54, 1.807) is 7.05 Å². The largest absolute Gasteiger partial charge is 0.444 e. The number of carbonyl (C=O) groups excluding carboxylic acids is 2. The van der Waals surface area contributed by atoms with Crippen LogP contribution in [0.25, 0.3) is 0 Å². The summed E-state index contributed by atoms with van der Waals surface area (Å²) in [5.74, 6) is 1.52. The minimum Gasteiger partial charge on any atom is -0.444 e. The molecule has 2 amide bonds. The summed E-state index contributed by atoms with van der Waals surface area (Å²) in [6, 6.07) is 0.429. The smallest absolute Gasteiger partial charge is 0.410 e. The monoisotopic (exact) mass is 551 g/mol. The lowest BCUT2D eigenvalue weighted by atomic mass is 9.96. The van der Waals surface area contributed by atoms with Gasteiger partial charge in [-0.2, -0.15) is 0 Å². The molecule has 0 unspecified atom stereocenters. The van der Waals surface area contributed by atoms with Crippen LogP contribution in [-0.2, 0) is 9.53 Å². The fourth-order valence-corrected chi connectivity index (χ4v) is 3.61. The fraction of sp³-hybridized carbons (Fsp3) is 0.864. The average Bonchev–Trinajstić information content (AvgIpc) is 3.49. The molecular formula is C22H42IN5O3. The van der Waals surface area contributed by atoms with Gasteiger partial charge >= 0.3 is 6.09 Å². The molecule has 1 saturated carbocycles. The SMILES string of the molecule is CCN(CC1CCN(C(=NC)NCCCC(=O)NC2CC2)CC1)C(=O)OC(C)(C)C.I. The molecule has 1 heterocycles. The number of nitrogens with zero attached hydrogens (tertiary/aromatic N) is 3. The van der Waals surface area contributed by atoms with Crippen molar-refractivity contribution in [2.75, 3.05) is 39.8 Å². The fourth-order valence-electron chi connectivity index (χ4n) is 3.61. The zero-order valence-electron chi connectivity index (χ0n) is 19.9. The maximum Gasteiger partial charge on any atom is 0.410 e. The van der Waals surface area contributed by atoms with E-state index in [1.807, 2.05) is 32.6 Å². The molecule has 180 valence electrons. The molecule has 0 aromatic carbocycles. The van der Waals surface area contributed by atoms with Crippen molar-refractivity contribution in [1.29, 1.82) is 0 Å². The van der Waals surface area contributed by atoms with Crippen LogP contribution in [0.4, 0.5) is 4.79 Å². The van der Waals surface area contributed by atoms with E-state index in [0.717, 1.165) is 64.2 Å². The van der Waals surface area contributed by atoms with E-state index in [2.05, 4.69) is 20.5 Å². The van der Waals surface area contributed by atoms with Crippen LogP contribution in [0.5, 0.6) is 0 Å². The minimum absolute atomic E-state index is 0. The number of ether oxygens (including phenoxy) is 1. The highest BCUT2D eigenvalue weighted by Crippen LogP contribution is 2.20. The van der Waals surface area contributed by atoms with Gasteiger partial charge in [0.1, 0.15) is 5.60 Å². The van der Waals surface area contributed by atoms with Crippen LogP contribution in [0.1, 0.15) is 66.2 Å².